The fraction of sp³-hybridized carbons (Fsp3) is 0.560. The number of amides is 2. The summed E-state index contributed by atoms with van der Waals surface area (Å²) in [6.07, 6.45) is 2.64. The summed E-state index contributed by atoms with van der Waals surface area (Å²) in [5.74, 6) is -1.23. The van der Waals surface area contributed by atoms with Crippen LogP contribution in [0.15, 0.2) is 42.7 Å². The predicted molar refractivity (Wildman–Crippen MR) is 124 cm³/mol. The van der Waals surface area contributed by atoms with Crippen molar-refractivity contribution in [3.8, 4) is 0 Å². The first kappa shape index (κ1) is 24.0. The lowest BCUT2D eigenvalue weighted by atomic mass is 9.68. The lowest BCUT2D eigenvalue weighted by molar-refractivity contribution is -0.144. The van der Waals surface area contributed by atoms with Crippen LogP contribution in [0.1, 0.15) is 56.3 Å². The number of benzene rings is 1. The van der Waals surface area contributed by atoms with Crippen molar-refractivity contribution >= 4 is 11.7 Å². The number of halogens is 3. The molecule has 188 valence electrons. The molecule has 0 atom stereocenters. The molecule has 0 unspecified atom stereocenters. The molecule has 1 saturated heterocycles. The number of hydrogen-bond donors (Lipinski definition) is 2. The molecule has 7 nitrogen and oxygen atoms in total. The molecule has 3 fully saturated rings. The van der Waals surface area contributed by atoms with Crippen molar-refractivity contribution in [3.63, 3.8) is 0 Å². The Kier molecular flexibility index (Phi) is 5.79. The maximum Gasteiger partial charge on any atom is 0.451 e. The zero-order valence-electron chi connectivity index (χ0n) is 19.7. The van der Waals surface area contributed by atoms with Gasteiger partial charge in [0, 0.05) is 5.54 Å². The molecule has 2 saturated carbocycles. The molecule has 10 heteroatoms. The summed E-state index contributed by atoms with van der Waals surface area (Å²) in [4.78, 5) is 23.8. The van der Waals surface area contributed by atoms with E-state index in [2.05, 4.69) is 27.4 Å². The van der Waals surface area contributed by atoms with Crippen LogP contribution in [-0.4, -0.2) is 57.3 Å². The lowest BCUT2D eigenvalue weighted by Gasteiger charge is -2.50. The van der Waals surface area contributed by atoms with Gasteiger partial charge in [0.1, 0.15) is 0 Å². The first-order valence-electron chi connectivity index (χ1n) is 12.1. The Hall–Kier alpha value is -2.72. The van der Waals surface area contributed by atoms with Gasteiger partial charge in [0.25, 0.3) is 0 Å². The van der Waals surface area contributed by atoms with Gasteiger partial charge in [0.15, 0.2) is 0 Å². The lowest BCUT2D eigenvalue weighted by Crippen LogP contribution is -2.59. The second-order valence-corrected chi connectivity index (χ2v) is 10.2. The smallest absolute Gasteiger partial charge is 0.388 e. The number of rotatable bonds is 5. The summed E-state index contributed by atoms with van der Waals surface area (Å²) < 4.78 is 38.9. The standard InChI is InChI=1S/C25H30F3N5O2/c1-29-24(18-6-3-2-4-7-18)12-10-22(11-13-24)16-32(19-14-30-20(31-15-19)25(26,27)28)21(34)33(22)17-23(35)8-5-9-23/h2-4,6-7,14-15,29,35H,5,8-13,16-17H2,1H3. The first-order valence-corrected chi connectivity index (χ1v) is 12.1. The van der Waals surface area contributed by atoms with Crippen molar-refractivity contribution in [2.75, 3.05) is 25.0 Å². The number of nitrogens with zero attached hydrogens (tertiary/aromatic N) is 4. The van der Waals surface area contributed by atoms with E-state index in [1.165, 1.54) is 10.5 Å². The second-order valence-electron chi connectivity index (χ2n) is 10.2. The van der Waals surface area contributed by atoms with Gasteiger partial charge in [-0.3, -0.25) is 4.90 Å². The fourth-order valence-electron chi connectivity index (χ4n) is 5.89. The van der Waals surface area contributed by atoms with E-state index < -0.39 is 23.1 Å². The van der Waals surface area contributed by atoms with Crippen LogP contribution in [0.3, 0.4) is 0 Å². The topological polar surface area (TPSA) is 81.6 Å². The summed E-state index contributed by atoms with van der Waals surface area (Å²) in [5.41, 5.74) is -0.232. The Morgan fingerprint density at radius 3 is 2.17 bits per heavy atom. The van der Waals surface area contributed by atoms with Gasteiger partial charge in [-0.15, -0.1) is 0 Å². The Morgan fingerprint density at radius 2 is 1.66 bits per heavy atom. The summed E-state index contributed by atoms with van der Waals surface area (Å²) in [7, 11) is 1.95. The Morgan fingerprint density at radius 1 is 1.03 bits per heavy atom. The molecule has 35 heavy (non-hydrogen) atoms. The molecule has 1 spiro atoms. The Balaban J connectivity index is 1.44. The van der Waals surface area contributed by atoms with Crippen LogP contribution in [0.2, 0.25) is 0 Å². The zero-order valence-corrected chi connectivity index (χ0v) is 19.7. The molecule has 2 heterocycles. The SMILES string of the molecule is CNC1(c2ccccc2)CCC2(CC1)CN(c1cnc(C(F)(F)F)nc1)C(=O)N2CC1(O)CCC1. The number of hydrogen-bond acceptors (Lipinski definition) is 5. The van der Waals surface area contributed by atoms with E-state index >= 15 is 0 Å². The van der Waals surface area contributed by atoms with E-state index in [0.717, 1.165) is 31.7 Å². The number of urea groups is 1. The number of aromatic nitrogens is 2. The van der Waals surface area contributed by atoms with Crippen molar-refractivity contribution < 1.29 is 23.1 Å². The molecule has 1 aliphatic heterocycles. The van der Waals surface area contributed by atoms with Gasteiger partial charge in [0.2, 0.25) is 5.82 Å². The minimum absolute atomic E-state index is 0.223. The van der Waals surface area contributed by atoms with Gasteiger partial charge in [-0.1, -0.05) is 30.3 Å². The quantitative estimate of drug-likeness (QED) is 0.662. The van der Waals surface area contributed by atoms with Crippen LogP contribution in [-0.2, 0) is 11.7 Å². The predicted octanol–water partition coefficient (Wildman–Crippen LogP) is 4.08. The van der Waals surface area contributed by atoms with Gasteiger partial charge in [0.05, 0.1) is 42.3 Å². The molecule has 3 aliphatic rings. The fourth-order valence-corrected chi connectivity index (χ4v) is 5.89. The van der Waals surface area contributed by atoms with Crippen LogP contribution in [0.4, 0.5) is 23.7 Å². The number of alkyl halides is 3. The van der Waals surface area contributed by atoms with Crippen molar-refractivity contribution in [1.29, 1.82) is 0 Å². The highest BCUT2D eigenvalue weighted by atomic mass is 19.4. The molecule has 0 bridgehead atoms. The van der Waals surface area contributed by atoms with Crippen molar-refractivity contribution in [2.24, 2.45) is 0 Å². The van der Waals surface area contributed by atoms with E-state index in [0.29, 0.717) is 32.2 Å². The number of carbonyl (C=O) groups excluding carboxylic acids is 1. The molecule has 2 aliphatic carbocycles. The normalized spacial score (nSPS) is 28.4. The third kappa shape index (κ3) is 4.16. The molecule has 2 N–H and O–H groups in total. The molecule has 2 aromatic rings. The van der Waals surface area contributed by atoms with Crippen molar-refractivity contribution in [1.82, 2.24) is 20.2 Å². The van der Waals surface area contributed by atoms with E-state index in [9.17, 15) is 23.1 Å². The number of aliphatic hydroxyl groups is 1. The maximum atomic E-state index is 13.6. The molecule has 1 aromatic carbocycles. The summed E-state index contributed by atoms with van der Waals surface area (Å²) in [5, 5.41) is 14.4. The van der Waals surface area contributed by atoms with Gasteiger partial charge >= 0.3 is 12.2 Å². The molecule has 0 radical (unpaired) electrons. The average Bonchev–Trinajstić information content (AvgIpc) is 3.10. The minimum atomic E-state index is -4.65. The highest BCUT2D eigenvalue weighted by Gasteiger charge is 2.56. The molecular formula is C25H30F3N5O2. The molecular weight excluding hydrogens is 459 g/mol. The van der Waals surface area contributed by atoms with Crippen molar-refractivity contribution in [2.45, 2.75) is 67.8 Å². The van der Waals surface area contributed by atoms with Crippen LogP contribution < -0.4 is 10.2 Å². The minimum Gasteiger partial charge on any atom is -0.388 e. The van der Waals surface area contributed by atoms with Gasteiger partial charge < -0.3 is 15.3 Å². The summed E-state index contributed by atoms with van der Waals surface area (Å²) in [6, 6.07) is 9.91. The van der Waals surface area contributed by atoms with Crippen molar-refractivity contribution in [3.05, 3.63) is 54.1 Å². The Bertz CT molecular complexity index is 1060. The van der Waals surface area contributed by atoms with Crippen LogP contribution in [0, 0.1) is 0 Å². The highest BCUT2D eigenvalue weighted by molar-refractivity contribution is 5.95. The molecule has 5 rings (SSSR count). The third-order valence-corrected chi connectivity index (χ3v) is 8.27. The van der Waals surface area contributed by atoms with Crippen LogP contribution in [0.5, 0.6) is 0 Å². The summed E-state index contributed by atoms with van der Waals surface area (Å²) in [6.45, 7) is 0.549. The Labute approximate surface area is 202 Å². The largest absolute Gasteiger partial charge is 0.451 e. The van der Waals surface area contributed by atoms with E-state index in [1.807, 2.05) is 25.2 Å². The molecule has 1 aromatic heterocycles. The van der Waals surface area contributed by atoms with E-state index in [1.54, 1.807) is 4.90 Å². The molecule has 2 amide bonds. The van der Waals surface area contributed by atoms with Gasteiger partial charge in [-0.25, -0.2) is 14.8 Å². The van der Waals surface area contributed by atoms with Gasteiger partial charge in [-0.05, 0) is 57.6 Å². The van der Waals surface area contributed by atoms with Crippen LogP contribution >= 0.6 is 0 Å². The highest BCUT2D eigenvalue weighted by Crippen LogP contribution is 2.48. The zero-order chi connectivity index (χ0) is 24.9. The number of β-amino-alcohol motifs (C(OH)–C–C–N with tert-alkyl or cyclic N) is 1. The first-order chi connectivity index (χ1) is 16.6. The number of nitrogens with one attached hydrogen (secondary N) is 1. The van der Waals surface area contributed by atoms with E-state index in [-0.39, 0.29) is 23.8 Å². The number of anilines is 1. The number of carbonyl (C=O) groups is 1. The summed E-state index contributed by atoms with van der Waals surface area (Å²) >= 11 is 0. The average molecular weight is 490 g/mol. The second kappa shape index (κ2) is 8.44. The third-order valence-electron chi connectivity index (χ3n) is 8.27. The monoisotopic (exact) mass is 489 g/mol. The maximum absolute atomic E-state index is 13.6. The van der Waals surface area contributed by atoms with E-state index in [4.69, 9.17) is 0 Å². The van der Waals surface area contributed by atoms with Crippen LogP contribution in [0.25, 0.3) is 0 Å². The van der Waals surface area contributed by atoms with Gasteiger partial charge in [-0.2, -0.15) is 13.2 Å².